The highest BCUT2D eigenvalue weighted by Gasteiger charge is 2.50. The molecule has 14 heteroatoms. The molecule has 0 aliphatic rings. The Morgan fingerprint density at radius 3 is 1.70 bits per heavy atom. The van der Waals surface area contributed by atoms with Gasteiger partial charge >= 0.3 is 20.9 Å². The first-order valence-corrected chi connectivity index (χ1v) is 13.9. The fraction of sp³-hybridized carbons (Fsp3) is 0.174. The highest BCUT2D eigenvalue weighted by atomic mass is 31.2. The van der Waals surface area contributed by atoms with E-state index in [0.717, 1.165) is 12.1 Å². The first kappa shape index (κ1) is 28.7. The summed E-state index contributed by atoms with van der Waals surface area (Å²) in [5.41, 5.74) is -3.65. The van der Waals surface area contributed by atoms with Gasteiger partial charge in [-0.25, -0.2) is 0 Å². The molecule has 0 unspecified atom stereocenters. The van der Waals surface area contributed by atoms with E-state index in [2.05, 4.69) is 9.46 Å². The van der Waals surface area contributed by atoms with E-state index in [1.807, 2.05) is 0 Å². The molecule has 198 valence electrons. The molecule has 8 nitrogen and oxygen atoms in total. The summed E-state index contributed by atoms with van der Waals surface area (Å²) in [6.45, 7) is -0.0108. The van der Waals surface area contributed by atoms with Crippen molar-refractivity contribution in [3.63, 3.8) is 0 Å². The Balaban J connectivity index is 1.84. The number of carbonyl (C=O) groups excluding carboxylic acids is 1. The van der Waals surface area contributed by atoms with E-state index in [9.17, 15) is 31.8 Å². The summed E-state index contributed by atoms with van der Waals surface area (Å²) >= 11 is 0. The molecule has 0 atom stereocenters. The predicted molar refractivity (Wildman–Crippen MR) is 125 cm³/mol. The summed E-state index contributed by atoms with van der Waals surface area (Å²) in [5.74, 6) is -0.393. The van der Waals surface area contributed by atoms with Crippen molar-refractivity contribution in [2.75, 3.05) is 0 Å². The number of rotatable bonds is 11. The van der Waals surface area contributed by atoms with Gasteiger partial charge in [0.05, 0.1) is 6.16 Å². The lowest BCUT2D eigenvalue weighted by Gasteiger charge is -2.24. The second-order valence-electron chi connectivity index (χ2n) is 8.03. The number of nitrogens with zero attached hydrogens (tertiary/aromatic N) is 1. The maximum atomic E-state index is 14.0. The predicted octanol–water partition coefficient (Wildman–Crippen LogP) is 6.25. The summed E-state index contributed by atoms with van der Waals surface area (Å²) in [4.78, 5) is 32.5. The second-order valence-corrected chi connectivity index (χ2v) is 11.5. The van der Waals surface area contributed by atoms with Crippen LogP contribution in [0.15, 0.2) is 78.9 Å². The van der Waals surface area contributed by atoms with E-state index < -0.39 is 38.5 Å². The molecular formula is C23H21F4NO7P2. The quantitative estimate of drug-likeness (QED) is 0.210. The zero-order chi connectivity index (χ0) is 27.3. The third kappa shape index (κ3) is 7.13. The van der Waals surface area contributed by atoms with Gasteiger partial charge in [0, 0.05) is 24.2 Å². The maximum Gasteiger partial charge on any atom is 0.399 e. The Morgan fingerprint density at radius 2 is 1.24 bits per heavy atom. The largest absolute Gasteiger partial charge is 0.399 e. The van der Waals surface area contributed by atoms with Gasteiger partial charge in [-0.1, -0.05) is 66.7 Å². The topological polar surface area (TPSA) is 113 Å². The number of hydrogen-bond acceptors (Lipinski definition) is 5. The van der Waals surface area contributed by atoms with Crippen LogP contribution in [-0.2, 0) is 43.5 Å². The van der Waals surface area contributed by atoms with Crippen molar-refractivity contribution in [1.82, 2.24) is 4.90 Å². The molecule has 3 rings (SSSR count). The highest BCUT2D eigenvalue weighted by Crippen LogP contribution is 2.59. The lowest BCUT2D eigenvalue weighted by atomic mass is 10.1. The smallest absolute Gasteiger partial charge is 0.330 e. The van der Waals surface area contributed by atoms with Crippen LogP contribution < -0.4 is 0 Å². The maximum absolute atomic E-state index is 14.0. The molecule has 0 aliphatic carbocycles. The molecule has 0 aromatic heterocycles. The summed E-state index contributed by atoms with van der Waals surface area (Å²) in [6.07, 6.45) is -0.668. The minimum Gasteiger partial charge on any atom is -0.330 e. The number of benzene rings is 3. The molecular weight excluding hydrogens is 540 g/mol. The molecule has 3 aromatic rings. The molecule has 0 saturated heterocycles. The van der Waals surface area contributed by atoms with Crippen LogP contribution in [0.1, 0.15) is 32.6 Å². The SMILES string of the molecule is O=C(c1ccccc1)N(Cc1ccc(CP(=O)(OF)OF)cc1)Cc1ccc(C(F)(F)P(=O)(O)O)cc1. The van der Waals surface area contributed by atoms with E-state index in [0.29, 0.717) is 16.7 Å². The summed E-state index contributed by atoms with van der Waals surface area (Å²) < 4.78 is 81.6. The zero-order valence-corrected chi connectivity index (χ0v) is 20.7. The van der Waals surface area contributed by atoms with Gasteiger partial charge in [0.2, 0.25) is 0 Å². The van der Waals surface area contributed by atoms with E-state index in [-0.39, 0.29) is 18.7 Å². The molecule has 0 saturated carbocycles. The average molecular weight is 561 g/mol. The average Bonchev–Trinajstić information content (AvgIpc) is 2.89. The van der Waals surface area contributed by atoms with Gasteiger partial charge in [-0.3, -0.25) is 13.9 Å². The van der Waals surface area contributed by atoms with Gasteiger partial charge in [0.1, 0.15) is 0 Å². The monoisotopic (exact) mass is 561 g/mol. The van der Waals surface area contributed by atoms with Gasteiger partial charge in [-0.05, 0) is 37.9 Å². The van der Waals surface area contributed by atoms with Crippen molar-refractivity contribution in [3.05, 3.63) is 107 Å². The minimum atomic E-state index is -5.73. The van der Waals surface area contributed by atoms with Crippen molar-refractivity contribution in [3.8, 4) is 0 Å². The molecule has 0 bridgehead atoms. The van der Waals surface area contributed by atoms with E-state index in [1.54, 1.807) is 30.3 Å². The molecule has 37 heavy (non-hydrogen) atoms. The Kier molecular flexibility index (Phi) is 9.07. The zero-order valence-electron chi connectivity index (χ0n) is 18.9. The van der Waals surface area contributed by atoms with Crippen LogP contribution in [0.25, 0.3) is 0 Å². The Labute approximate surface area is 208 Å². The fourth-order valence-electron chi connectivity index (χ4n) is 3.42. The van der Waals surface area contributed by atoms with E-state index in [4.69, 9.17) is 9.79 Å². The number of hydrogen-bond donors (Lipinski definition) is 2. The summed E-state index contributed by atoms with van der Waals surface area (Å²) in [5, 5.41) is 0. The molecule has 0 radical (unpaired) electrons. The lowest BCUT2D eigenvalue weighted by molar-refractivity contribution is -0.0881. The van der Waals surface area contributed by atoms with Crippen molar-refractivity contribution in [2.45, 2.75) is 24.9 Å². The molecule has 1 amide bonds. The summed E-state index contributed by atoms with van der Waals surface area (Å²) in [6, 6.07) is 18.4. The molecule has 0 heterocycles. The Hall–Kier alpha value is -2.85. The Bertz CT molecular complexity index is 1290. The first-order valence-electron chi connectivity index (χ1n) is 10.5. The Morgan fingerprint density at radius 1 is 0.784 bits per heavy atom. The van der Waals surface area contributed by atoms with Gasteiger partial charge in [0.15, 0.2) is 0 Å². The molecule has 0 aliphatic heterocycles. The van der Waals surface area contributed by atoms with Crippen molar-refractivity contribution in [1.29, 1.82) is 0 Å². The number of alkyl halides is 2. The number of carbonyl (C=O) groups is 1. The van der Waals surface area contributed by atoms with Crippen LogP contribution in [-0.4, -0.2) is 20.6 Å². The normalized spacial score (nSPS) is 12.4. The van der Waals surface area contributed by atoms with Crippen LogP contribution >= 0.6 is 15.2 Å². The van der Waals surface area contributed by atoms with Gasteiger partial charge in [-0.2, -0.15) is 8.78 Å². The van der Waals surface area contributed by atoms with Gasteiger partial charge < -0.3 is 14.7 Å². The van der Waals surface area contributed by atoms with Crippen LogP contribution in [0.3, 0.4) is 0 Å². The second kappa shape index (κ2) is 11.7. The highest BCUT2D eigenvalue weighted by molar-refractivity contribution is 7.52. The van der Waals surface area contributed by atoms with E-state index in [1.165, 1.54) is 41.3 Å². The number of halogens is 4. The van der Waals surface area contributed by atoms with Crippen LogP contribution in [0.5, 0.6) is 0 Å². The molecule has 2 N–H and O–H groups in total. The fourth-order valence-corrected chi connectivity index (χ4v) is 4.68. The first-order chi connectivity index (χ1) is 17.4. The van der Waals surface area contributed by atoms with Gasteiger partial charge in [0.25, 0.3) is 5.91 Å². The third-order valence-corrected chi connectivity index (χ3v) is 7.49. The van der Waals surface area contributed by atoms with Crippen molar-refractivity contribution in [2.24, 2.45) is 0 Å². The number of amides is 1. The van der Waals surface area contributed by atoms with Crippen LogP contribution in [0.2, 0.25) is 0 Å². The molecule has 3 aromatic carbocycles. The standard InChI is InChI=1S/C23H21F4NO7P2/c24-23(25,37(31,32)33)21-12-10-18(11-13-21)15-28(22(29)20-4-2-1-3-5-20)14-17-6-8-19(9-7-17)16-36(30,34-26)35-27/h1-13H,14-16H2,(H2,31,32,33). The van der Waals surface area contributed by atoms with Crippen molar-refractivity contribution >= 4 is 21.1 Å². The lowest BCUT2D eigenvalue weighted by Crippen LogP contribution is -2.30. The minimum absolute atomic E-state index is 0.0330. The van der Waals surface area contributed by atoms with Gasteiger partial charge in [-0.15, -0.1) is 9.46 Å². The summed E-state index contributed by atoms with van der Waals surface area (Å²) in [7, 11) is -10.3. The van der Waals surface area contributed by atoms with Crippen molar-refractivity contribution < 1.29 is 51.0 Å². The molecule has 0 spiro atoms. The van der Waals surface area contributed by atoms with Crippen LogP contribution in [0, 0.1) is 0 Å². The third-order valence-electron chi connectivity index (χ3n) is 5.33. The molecule has 0 fully saturated rings. The van der Waals surface area contributed by atoms with E-state index >= 15 is 0 Å². The van der Waals surface area contributed by atoms with Crippen LogP contribution in [0.4, 0.5) is 17.8 Å².